The van der Waals surface area contributed by atoms with Crippen LogP contribution in [0, 0.1) is 23.2 Å². The third kappa shape index (κ3) is 2.80. The molecule has 0 saturated heterocycles. The third-order valence-corrected chi connectivity index (χ3v) is 6.26. The maximum Gasteiger partial charge on any atom is 0.118 e. The van der Waals surface area contributed by atoms with E-state index in [1.807, 2.05) is 12.1 Å². The maximum absolute atomic E-state index is 5.21. The average molecular weight is 297 g/mol. The van der Waals surface area contributed by atoms with Crippen LogP contribution in [0.1, 0.15) is 50.5 Å². The molecule has 0 aliphatic heterocycles. The minimum Gasteiger partial charge on any atom is -0.497 e. The van der Waals surface area contributed by atoms with Gasteiger partial charge in [-0.15, -0.1) is 0 Å². The van der Waals surface area contributed by atoms with Crippen LogP contribution in [0.15, 0.2) is 29.3 Å². The first-order valence-electron chi connectivity index (χ1n) is 8.89. The van der Waals surface area contributed by atoms with Crippen molar-refractivity contribution in [1.29, 1.82) is 0 Å². The lowest BCUT2D eigenvalue weighted by atomic mass is 9.58. The van der Waals surface area contributed by atoms with Gasteiger partial charge in [0.1, 0.15) is 5.75 Å². The highest BCUT2D eigenvalue weighted by atomic mass is 16.5. The van der Waals surface area contributed by atoms with Crippen LogP contribution in [-0.2, 0) is 0 Å². The van der Waals surface area contributed by atoms with Crippen LogP contribution < -0.4 is 4.74 Å². The standard InChI is InChI=1S/C20H27NO/c1-22-19-6-4-15(5-7-19)13-21-14-20-10-16-2-3-17(11-20)9-18(8-16)12-20/h4-7,13,16-18H,2-3,8-12,14H2,1H3. The van der Waals surface area contributed by atoms with Gasteiger partial charge >= 0.3 is 0 Å². The molecule has 4 aliphatic carbocycles. The highest BCUT2D eigenvalue weighted by Crippen LogP contribution is 2.57. The normalized spacial score (nSPS) is 36.7. The lowest BCUT2D eigenvalue weighted by Gasteiger charge is -2.47. The van der Waals surface area contributed by atoms with Crippen molar-refractivity contribution in [3.05, 3.63) is 29.8 Å². The lowest BCUT2D eigenvalue weighted by molar-refractivity contribution is 0.0428. The van der Waals surface area contributed by atoms with Crippen LogP contribution >= 0.6 is 0 Å². The van der Waals surface area contributed by atoms with Crippen LogP contribution in [0.2, 0.25) is 0 Å². The number of benzene rings is 1. The van der Waals surface area contributed by atoms with Gasteiger partial charge in [0.25, 0.3) is 0 Å². The Hall–Kier alpha value is -1.31. The van der Waals surface area contributed by atoms with Gasteiger partial charge in [-0.25, -0.2) is 0 Å². The monoisotopic (exact) mass is 297 g/mol. The van der Waals surface area contributed by atoms with Gasteiger partial charge in [-0.2, -0.15) is 0 Å². The fraction of sp³-hybridized carbons (Fsp3) is 0.650. The van der Waals surface area contributed by atoms with E-state index in [1.165, 1.54) is 50.5 Å². The van der Waals surface area contributed by atoms with E-state index >= 15 is 0 Å². The molecule has 0 N–H and O–H groups in total. The first kappa shape index (κ1) is 14.3. The van der Waals surface area contributed by atoms with Crippen molar-refractivity contribution >= 4 is 6.21 Å². The zero-order valence-corrected chi connectivity index (χ0v) is 13.6. The Labute approximate surface area is 134 Å². The summed E-state index contributed by atoms with van der Waals surface area (Å²) in [4.78, 5) is 4.86. The average Bonchev–Trinajstić information content (AvgIpc) is 2.73. The lowest BCUT2D eigenvalue weighted by Crippen LogP contribution is -2.39. The Balaban J connectivity index is 1.45. The van der Waals surface area contributed by atoms with E-state index in [4.69, 9.17) is 9.73 Å². The number of methoxy groups -OCH3 is 1. The van der Waals surface area contributed by atoms with Crippen LogP contribution in [0.5, 0.6) is 5.75 Å². The molecule has 0 spiro atoms. The molecule has 0 heterocycles. The van der Waals surface area contributed by atoms with Gasteiger partial charge in [0, 0.05) is 12.8 Å². The first-order valence-corrected chi connectivity index (χ1v) is 8.89. The molecule has 1 aromatic carbocycles. The van der Waals surface area contributed by atoms with E-state index in [2.05, 4.69) is 18.3 Å². The number of hydrogen-bond donors (Lipinski definition) is 0. The molecule has 4 bridgehead atoms. The first-order chi connectivity index (χ1) is 10.7. The molecule has 2 nitrogen and oxygen atoms in total. The molecule has 2 unspecified atom stereocenters. The minimum atomic E-state index is 0.538. The number of nitrogens with zero attached hydrogens (tertiary/aromatic N) is 1. The van der Waals surface area contributed by atoms with E-state index in [0.717, 1.165) is 30.0 Å². The summed E-state index contributed by atoms with van der Waals surface area (Å²) in [5, 5.41) is 0. The van der Waals surface area contributed by atoms with Crippen LogP contribution in [0.25, 0.3) is 0 Å². The summed E-state index contributed by atoms with van der Waals surface area (Å²) < 4.78 is 5.21. The zero-order valence-electron chi connectivity index (χ0n) is 13.6. The van der Waals surface area contributed by atoms with Crippen molar-refractivity contribution in [3.8, 4) is 5.75 Å². The van der Waals surface area contributed by atoms with E-state index in [0.29, 0.717) is 5.41 Å². The number of aliphatic imine (C=N–C) groups is 1. The summed E-state index contributed by atoms with van der Waals surface area (Å²) in [7, 11) is 1.71. The number of rotatable bonds is 4. The summed E-state index contributed by atoms with van der Waals surface area (Å²) in [6, 6.07) is 8.21. The fourth-order valence-electron chi connectivity index (χ4n) is 5.60. The molecular formula is C20H27NO. The molecule has 0 amide bonds. The van der Waals surface area contributed by atoms with E-state index in [-0.39, 0.29) is 0 Å². The molecule has 22 heavy (non-hydrogen) atoms. The molecule has 4 saturated carbocycles. The molecule has 118 valence electrons. The molecule has 1 aromatic rings. The second-order valence-corrected chi connectivity index (χ2v) is 8.00. The van der Waals surface area contributed by atoms with Crippen molar-refractivity contribution in [2.24, 2.45) is 28.2 Å². The molecule has 5 rings (SSSR count). The highest BCUT2D eigenvalue weighted by Gasteiger charge is 2.48. The molecule has 2 heteroatoms. The highest BCUT2D eigenvalue weighted by molar-refractivity contribution is 5.79. The van der Waals surface area contributed by atoms with Crippen LogP contribution in [0.4, 0.5) is 0 Å². The van der Waals surface area contributed by atoms with E-state index < -0.39 is 0 Å². The number of ether oxygens (including phenoxy) is 1. The van der Waals surface area contributed by atoms with Gasteiger partial charge < -0.3 is 4.74 Å². The third-order valence-electron chi connectivity index (χ3n) is 6.26. The molecule has 4 fully saturated rings. The van der Waals surface area contributed by atoms with Crippen molar-refractivity contribution < 1.29 is 4.74 Å². The summed E-state index contributed by atoms with van der Waals surface area (Å²) in [5.74, 6) is 3.93. The van der Waals surface area contributed by atoms with Crippen molar-refractivity contribution in [2.45, 2.75) is 44.9 Å². The van der Waals surface area contributed by atoms with E-state index in [1.54, 1.807) is 7.11 Å². The topological polar surface area (TPSA) is 21.6 Å². The van der Waals surface area contributed by atoms with Crippen molar-refractivity contribution in [1.82, 2.24) is 0 Å². The summed E-state index contributed by atoms with van der Waals surface area (Å²) in [5.41, 5.74) is 1.72. The van der Waals surface area contributed by atoms with Gasteiger partial charge in [0.05, 0.1) is 7.11 Å². The summed E-state index contributed by atoms with van der Waals surface area (Å²) >= 11 is 0. The summed E-state index contributed by atoms with van der Waals surface area (Å²) in [6.45, 7) is 1.04. The predicted octanol–water partition coefficient (Wildman–Crippen LogP) is 4.72. The molecular weight excluding hydrogens is 270 g/mol. The van der Waals surface area contributed by atoms with Gasteiger partial charge in [-0.1, -0.05) is 12.8 Å². The van der Waals surface area contributed by atoms with Crippen LogP contribution in [-0.4, -0.2) is 19.9 Å². The second-order valence-electron chi connectivity index (χ2n) is 8.00. The Kier molecular flexibility index (Phi) is 3.71. The Morgan fingerprint density at radius 3 is 2.32 bits per heavy atom. The van der Waals surface area contributed by atoms with Crippen LogP contribution in [0.3, 0.4) is 0 Å². The fourth-order valence-corrected chi connectivity index (χ4v) is 5.60. The molecule has 0 radical (unpaired) electrons. The maximum atomic E-state index is 5.21. The van der Waals surface area contributed by atoms with Gasteiger partial charge in [-0.05, 0) is 85.1 Å². The number of fused-ring (bicyclic) bond motifs is 1. The van der Waals surface area contributed by atoms with Crippen molar-refractivity contribution in [2.75, 3.05) is 13.7 Å². The second kappa shape index (κ2) is 5.72. The Bertz CT molecular complexity index is 531. The quantitative estimate of drug-likeness (QED) is 0.737. The molecule has 2 atom stereocenters. The largest absolute Gasteiger partial charge is 0.497 e. The van der Waals surface area contributed by atoms with E-state index in [9.17, 15) is 0 Å². The smallest absolute Gasteiger partial charge is 0.118 e. The molecule has 0 aromatic heterocycles. The predicted molar refractivity (Wildman–Crippen MR) is 90.7 cm³/mol. The Morgan fingerprint density at radius 1 is 1.05 bits per heavy atom. The van der Waals surface area contributed by atoms with Gasteiger partial charge in [0.15, 0.2) is 0 Å². The Morgan fingerprint density at radius 2 is 1.68 bits per heavy atom. The SMILES string of the molecule is COc1ccc(C=NCC23CC4CCC(CC(C4)C2)C3)cc1. The minimum absolute atomic E-state index is 0.538. The zero-order chi connectivity index (χ0) is 15.0. The summed E-state index contributed by atoms with van der Waals surface area (Å²) in [6.07, 6.45) is 12.4. The van der Waals surface area contributed by atoms with Crippen molar-refractivity contribution in [3.63, 3.8) is 0 Å². The van der Waals surface area contributed by atoms with Gasteiger partial charge in [-0.3, -0.25) is 4.99 Å². The number of hydrogen-bond acceptors (Lipinski definition) is 2. The van der Waals surface area contributed by atoms with Gasteiger partial charge in [0.2, 0.25) is 0 Å². The molecule has 4 aliphatic rings.